The second-order valence-electron chi connectivity index (χ2n) is 6.16. The molecule has 1 aliphatic carbocycles. The number of aliphatic hydroxyl groups is 1. The Hall–Kier alpha value is -1.26. The first-order valence-electron chi connectivity index (χ1n) is 7.47. The van der Waals surface area contributed by atoms with Gasteiger partial charge < -0.3 is 20.5 Å². The first-order valence-corrected chi connectivity index (χ1v) is 7.47. The van der Waals surface area contributed by atoms with E-state index in [-0.39, 0.29) is 12.1 Å². The fourth-order valence-electron chi connectivity index (χ4n) is 3.88. The molecule has 3 N–H and O–H groups in total. The Labute approximate surface area is 120 Å². The lowest BCUT2D eigenvalue weighted by Crippen LogP contribution is -2.26. The van der Waals surface area contributed by atoms with Crippen LogP contribution < -0.4 is 15.4 Å². The predicted octanol–water partition coefficient (Wildman–Crippen LogP) is 1.92. The molecule has 110 valence electrons. The van der Waals surface area contributed by atoms with Crippen molar-refractivity contribution in [3.63, 3.8) is 0 Å². The molecule has 4 unspecified atom stereocenters. The van der Waals surface area contributed by atoms with Crippen molar-refractivity contribution in [2.24, 2.45) is 17.6 Å². The number of hydrogen-bond donors (Lipinski definition) is 2. The van der Waals surface area contributed by atoms with Crippen LogP contribution in [0, 0.1) is 11.8 Å². The molecule has 0 aromatic heterocycles. The van der Waals surface area contributed by atoms with Gasteiger partial charge in [0.15, 0.2) is 0 Å². The van der Waals surface area contributed by atoms with Crippen LogP contribution in [-0.4, -0.2) is 31.4 Å². The Morgan fingerprint density at radius 2 is 2.15 bits per heavy atom. The van der Waals surface area contributed by atoms with E-state index in [2.05, 4.69) is 11.0 Å². The summed E-state index contributed by atoms with van der Waals surface area (Å²) in [4.78, 5) is 2.37. The second kappa shape index (κ2) is 5.26. The van der Waals surface area contributed by atoms with Gasteiger partial charge in [0, 0.05) is 36.3 Å². The molecule has 4 nitrogen and oxygen atoms in total. The molecule has 20 heavy (non-hydrogen) atoms. The predicted molar refractivity (Wildman–Crippen MR) is 80.0 cm³/mol. The van der Waals surface area contributed by atoms with E-state index >= 15 is 0 Å². The van der Waals surface area contributed by atoms with Crippen molar-refractivity contribution in [1.82, 2.24) is 0 Å². The molecule has 4 atom stereocenters. The molecule has 2 aliphatic rings. The Balaban J connectivity index is 1.91. The van der Waals surface area contributed by atoms with Gasteiger partial charge in [-0.15, -0.1) is 0 Å². The molecule has 1 aliphatic heterocycles. The van der Waals surface area contributed by atoms with Gasteiger partial charge in [0.2, 0.25) is 0 Å². The molecule has 4 heteroatoms. The largest absolute Gasteiger partial charge is 0.496 e. The maximum Gasteiger partial charge on any atom is 0.125 e. The van der Waals surface area contributed by atoms with Crippen molar-refractivity contribution in [2.45, 2.75) is 31.9 Å². The van der Waals surface area contributed by atoms with Gasteiger partial charge in [-0.2, -0.15) is 0 Å². The smallest absolute Gasteiger partial charge is 0.125 e. The first-order chi connectivity index (χ1) is 9.61. The van der Waals surface area contributed by atoms with Gasteiger partial charge in [0.05, 0.1) is 13.2 Å². The monoisotopic (exact) mass is 276 g/mol. The lowest BCUT2D eigenvalue weighted by Gasteiger charge is -2.26. The molecule has 1 saturated heterocycles. The highest BCUT2D eigenvalue weighted by Gasteiger charge is 2.42. The first kappa shape index (κ1) is 13.7. The molecular weight excluding hydrogens is 252 g/mol. The molecule has 1 saturated carbocycles. The van der Waals surface area contributed by atoms with Gasteiger partial charge in [-0.3, -0.25) is 0 Å². The zero-order valence-electron chi connectivity index (χ0n) is 12.2. The van der Waals surface area contributed by atoms with E-state index in [9.17, 15) is 5.11 Å². The molecule has 2 fully saturated rings. The van der Waals surface area contributed by atoms with Crippen molar-refractivity contribution >= 4 is 5.69 Å². The van der Waals surface area contributed by atoms with Gasteiger partial charge in [0.1, 0.15) is 5.75 Å². The minimum absolute atomic E-state index is 0.0634. The number of nitrogens with two attached hydrogens (primary N) is 1. The van der Waals surface area contributed by atoms with Crippen LogP contribution in [0.3, 0.4) is 0 Å². The number of benzene rings is 1. The topological polar surface area (TPSA) is 58.7 Å². The summed E-state index contributed by atoms with van der Waals surface area (Å²) >= 11 is 0. The second-order valence-corrected chi connectivity index (χ2v) is 6.16. The van der Waals surface area contributed by atoms with Crippen LogP contribution in [0.5, 0.6) is 5.75 Å². The molecule has 1 aromatic carbocycles. The normalized spacial score (nSPS) is 30.4. The van der Waals surface area contributed by atoms with E-state index in [0.717, 1.165) is 37.2 Å². The van der Waals surface area contributed by atoms with Gasteiger partial charge in [0.25, 0.3) is 0 Å². The van der Waals surface area contributed by atoms with Crippen LogP contribution in [0.25, 0.3) is 0 Å². The van der Waals surface area contributed by atoms with Crippen LogP contribution in [0.2, 0.25) is 0 Å². The summed E-state index contributed by atoms with van der Waals surface area (Å²) in [5.74, 6) is 1.90. The molecular formula is C16H24N2O2. The summed E-state index contributed by atoms with van der Waals surface area (Å²) in [6.45, 7) is 3.94. The molecule has 3 rings (SSSR count). The van der Waals surface area contributed by atoms with E-state index in [1.54, 1.807) is 7.11 Å². The summed E-state index contributed by atoms with van der Waals surface area (Å²) < 4.78 is 5.47. The number of hydrogen-bond acceptors (Lipinski definition) is 4. The van der Waals surface area contributed by atoms with E-state index in [4.69, 9.17) is 10.5 Å². The molecule has 0 bridgehead atoms. The van der Waals surface area contributed by atoms with Crippen molar-refractivity contribution in [3.05, 3.63) is 23.8 Å². The third kappa shape index (κ3) is 2.17. The van der Waals surface area contributed by atoms with Crippen molar-refractivity contribution in [2.75, 3.05) is 25.1 Å². The van der Waals surface area contributed by atoms with Crippen molar-refractivity contribution < 1.29 is 9.84 Å². The van der Waals surface area contributed by atoms with E-state index in [0.29, 0.717) is 11.8 Å². The van der Waals surface area contributed by atoms with Crippen LogP contribution in [0.15, 0.2) is 18.2 Å². The average molecular weight is 276 g/mol. The number of anilines is 1. The lowest BCUT2D eigenvalue weighted by atomic mass is 10.00. The fraction of sp³-hybridized carbons (Fsp3) is 0.625. The number of aliphatic hydroxyl groups excluding tert-OH is 1. The zero-order valence-corrected chi connectivity index (χ0v) is 12.2. The number of methoxy groups -OCH3 is 1. The summed E-state index contributed by atoms with van der Waals surface area (Å²) in [6.07, 6.45) is 1.97. The Morgan fingerprint density at radius 3 is 2.80 bits per heavy atom. The third-order valence-electron chi connectivity index (χ3n) is 4.88. The Morgan fingerprint density at radius 1 is 1.35 bits per heavy atom. The van der Waals surface area contributed by atoms with E-state index < -0.39 is 0 Å². The summed E-state index contributed by atoms with van der Waals surface area (Å²) in [6, 6.07) is 6.04. The summed E-state index contributed by atoms with van der Waals surface area (Å²) in [5, 5.41) is 10.1. The van der Waals surface area contributed by atoms with Gasteiger partial charge >= 0.3 is 0 Å². The molecule has 0 radical (unpaired) electrons. The molecule has 1 heterocycles. The van der Waals surface area contributed by atoms with Crippen LogP contribution in [0.1, 0.15) is 31.4 Å². The maximum absolute atomic E-state index is 10.1. The quantitative estimate of drug-likeness (QED) is 0.885. The minimum atomic E-state index is -0.130. The van der Waals surface area contributed by atoms with Crippen LogP contribution in [-0.2, 0) is 0 Å². The van der Waals surface area contributed by atoms with E-state index in [1.807, 2.05) is 19.1 Å². The van der Waals surface area contributed by atoms with Crippen molar-refractivity contribution in [1.29, 1.82) is 0 Å². The highest BCUT2D eigenvalue weighted by Crippen LogP contribution is 2.42. The number of ether oxygens (including phenoxy) is 1. The fourth-order valence-corrected chi connectivity index (χ4v) is 3.88. The number of rotatable bonds is 3. The highest BCUT2D eigenvalue weighted by molar-refractivity contribution is 5.61. The Kier molecular flexibility index (Phi) is 3.61. The van der Waals surface area contributed by atoms with Crippen LogP contribution in [0.4, 0.5) is 5.69 Å². The van der Waals surface area contributed by atoms with Gasteiger partial charge in [-0.25, -0.2) is 0 Å². The molecule has 0 amide bonds. The lowest BCUT2D eigenvalue weighted by molar-refractivity contribution is 0.133. The maximum atomic E-state index is 10.1. The van der Waals surface area contributed by atoms with Crippen molar-refractivity contribution in [3.8, 4) is 5.75 Å². The molecule has 0 spiro atoms. The SMILES string of the molecule is COc1cccc(N2CC3CCC(O)C3C2)c1C(C)N. The highest BCUT2D eigenvalue weighted by atomic mass is 16.5. The van der Waals surface area contributed by atoms with Crippen LogP contribution >= 0.6 is 0 Å². The number of fused-ring (bicyclic) bond motifs is 1. The standard InChI is InChI=1S/C16H24N2O2/c1-10(17)16-13(4-3-5-15(16)20-2)18-8-11-6-7-14(19)12(11)9-18/h3-5,10-12,14,19H,6-9,17H2,1-2H3. The average Bonchev–Trinajstić information content (AvgIpc) is 3.00. The zero-order chi connectivity index (χ0) is 14.3. The van der Waals surface area contributed by atoms with Gasteiger partial charge in [-0.1, -0.05) is 6.07 Å². The minimum Gasteiger partial charge on any atom is -0.496 e. The van der Waals surface area contributed by atoms with Gasteiger partial charge in [-0.05, 0) is 37.8 Å². The number of nitrogens with zero attached hydrogens (tertiary/aromatic N) is 1. The molecule has 1 aromatic rings. The van der Waals surface area contributed by atoms with E-state index in [1.165, 1.54) is 5.69 Å². The third-order valence-corrected chi connectivity index (χ3v) is 4.88. The summed E-state index contributed by atoms with van der Waals surface area (Å²) in [7, 11) is 1.69. The Bertz CT molecular complexity index is 489. The summed E-state index contributed by atoms with van der Waals surface area (Å²) in [5.41, 5.74) is 8.39.